The van der Waals surface area contributed by atoms with Gasteiger partial charge in [-0.1, -0.05) is 19.6 Å². The van der Waals surface area contributed by atoms with Crippen LogP contribution >= 0.6 is 0 Å². The van der Waals surface area contributed by atoms with Gasteiger partial charge in [-0.3, -0.25) is 0 Å². The zero-order chi connectivity index (χ0) is 20.0. The lowest BCUT2D eigenvalue weighted by atomic mass is 9.94. The van der Waals surface area contributed by atoms with Gasteiger partial charge in [-0.15, -0.1) is 0 Å². The second-order valence-electron chi connectivity index (χ2n) is 8.06. The van der Waals surface area contributed by atoms with Gasteiger partial charge < -0.3 is 9.80 Å². The van der Waals surface area contributed by atoms with Crippen molar-refractivity contribution in [3.8, 4) is 11.1 Å². The quantitative estimate of drug-likeness (QED) is 0.569. The monoisotopic (exact) mass is 386 g/mol. The molecular weight excluding hydrogens is 354 g/mol. The topological polar surface area (TPSA) is 9.49 Å². The number of nitrogens with zero attached hydrogens (tertiary/aromatic N) is 3. The molecule has 2 aliphatic carbocycles. The zero-order valence-corrected chi connectivity index (χ0v) is 17.6. The molecule has 3 nitrogen and oxygen atoms in total. The van der Waals surface area contributed by atoms with Crippen LogP contribution in [0.5, 0.6) is 0 Å². The minimum absolute atomic E-state index is 0. The summed E-state index contributed by atoms with van der Waals surface area (Å²) in [6.45, 7) is 0. The van der Waals surface area contributed by atoms with E-state index in [1.165, 1.54) is 50.5 Å². The van der Waals surface area contributed by atoms with Gasteiger partial charge in [0.05, 0.1) is 0 Å². The first-order valence-corrected chi connectivity index (χ1v) is 9.65. The average Bonchev–Trinajstić information content (AvgIpc) is 3.00. The van der Waals surface area contributed by atoms with Crippen LogP contribution in [0.1, 0.15) is 18.6 Å². The Morgan fingerprint density at radius 2 is 1.07 bits per heavy atom. The highest BCUT2D eigenvalue weighted by atomic mass is 15.1. The van der Waals surface area contributed by atoms with Gasteiger partial charge in [-0.2, -0.15) is 0 Å². The van der Waals surface area contributed by atoms with E-state index in [2.05, 4.69) is 117 Å². The number of benzene rings is 2. The molecule has 0 fully saturated rings. The van der Waals surface area contributed by atoms with Crippen LogP contribution in [-0.4, -0.2) is 52.6 Å². The van der Waals surface area contributed by atoms with Crippen molar-refractivity contribution in [2.24, 2.45) is 0 Å². The third-order valence-corrected chi connectivity index (χ3v) is 5.54. The molecule has 3 heteroatoms. The first-order chi connectivity index (χ1) is 13.4. The van der Waals surface area contributed by atoms with E-state index >= 15 is 0 Å². The second-order valence-corrected chi connectivity index (χ2v) is 8.06. The smallest absolute Gasteiger partial charge is 0.199 e. The van der Waals surface area contributed by atoms with E-state index in [1.54, 1.807) is 0 Å². The van der Waals surface area contributed by atoms with Crippen LogP contribution in [0, 0.1) is 0 Å². The maximum absolute atomic E-state index is 2.31. The van der Waals surface area contributed by atoms with E-state index in [0.29, 0.717) is 0 Å². The van der Waals surface area contributed by atoms with Gasteiger partial charge in [0.15, 0.2) is 5.71 Å². The van der Waals surface area contributed by atoms with Crippen molar-refractivity contribution in [3.63, 3.8) is 0 Å². The molecule has 0 unspecified atom stereocenters. The number of fused-ring (bicyclic) bond motifs is 3. The Morgan fingerprint density at radius 1 is 0.621 bits per heavy atom. The van der Waals surface area contributed by atoms with Crippen LogP contribution in [0.15, 0.2) is 66.3 Å². The van der Waals surface area contributed by atoms with Crippen LogP contribution < -0.4 is 9.80 Å². The molecule has 0 heterocycles. The normalized spacial score (nSPS) is 13.8. The molecule has 0 saturated carbocycles. The molecule has 0 saturated heterocycles. The number of anilines is 2. The van der Waals surface area contributed by atoms with Crippen LogP contribution in [-0.2, 0) is 0 Å². The largest absolute Gasteiger partial charge is 0.378 e. The van der Waals surface area contributed by atoms with Crippen LogP contribution in [0.4, 0.5) is 11.4 Å². The molecule has 0 N–H and O–H groups in total. The minimum atomic E-state index is 0. The number of hydrogen-bond donors (Lipinski definition) is 0. The predicted octanol–water partition coefficient (Wildman–Crippen LogP) is 5.08. The SMILES string of the molecule is C.CN(C)c1ccc2c(c1)-c1cc(N(C)C)ccc1C2=C1C=CC(=[N+](C)C)C=C1. The van der Waals surface area contributed by atoms with Gasteiger partial charge in [-0.25, -0.2) is 4.58 Å². The first-order valence-electron chi connectivity index (χ1n) is 9.65. The standard InChI is InChI=1S/C25H28N3.CH4/c1-26(2)18-9-7-17(8-10-18)25-21-13-11-19(27(3)4)15-23(21)24-16-20(28(5)6)12-14-22(24)25;/h7-16H,1-6H3;1H4/q+1;. The molecule has 2 aromatic carbocycles. The molecule has 4 rings (SSSR count). The van der Waals surface area contributed by atoms with E-state index in [9.17, 15) is 0 Å². The van der Waals surface area contributed by atoms with E-state index in [4.69, 9.17) is 0 Å². The van der Waals surface area contributed by atoms with Gasteiger partial charge in [0, 0.05) is 51.7 Å². The molecule has 0 aliphatic heterocycles. The highest BCUT2D eigenvalue weighted by Gasteiger charge is 2.27. The molecule has 0 bridgehead atoms. The fraction of sp³-hybridized carbons (Fsp3) is 0.269. The Labute approximate surface area is 175 Å². The first kappa shape index (κ1) is 20.7. The number of hydrogen-bond acceptors (Lipinski definition) is 2. The second kappa shape index (κ2) is 7.75. The molecular formula is C26H32N3+. The van der Waals surface area contributed by atoms with Crippen molar-refractivity contribution < 1.29 is 4.58 Å². The summed E-state index contributed by atoms with van der Waals surface area (Å²) in [7, 11) is 12.5. The summed E-state index contributed by atoms with van der Waals surface area (Å²) >= 11 is 0. The highest BCUT2D eigenvalue weighted by molar-refractivity contribution is 6.08. The van der Waals surface area contributed by atoms with Crippen LogP contribution in [0.25, 0.3) is 16.7 Å². The Bertz CT molecular complexity index is 998. The van der Waals surface area contributed by atoms with E-state index in [-0.39, 0.29) is 7.43 Å². The molecule has 150 valence electrons. The van der Waals surface area contributed by atoms with Crippen molar-refractivity contribution in [3.05, 3.63) is 77.4 Å². The maximum Gasteiger partial charge on any atom is 0.199 e. The highest BCUT2D eigenvalue weighted by Crippen LogP contribution is 2.48. The molecule has 2 aliphatic rings. The van der Waals surface area contributed by atoms with Crippen molar-refractivity contribution in [2.75, 3.05) is 52.1 Å². The van der Waals surface area contributed by atoms with E-state index in [1.807, 2.05) is 0 Å². The third kappa shape index (κ3) is 3.53. The Kier molecular flexibility index (Phi) is 5.52. The van der Waals surface area contributed by atoms with E-state index < -0.39 is 0 Å². The lowest BCUT2D eigenvalue weighted by Gasteiger charge is -2.15. The summed E-state index contributed by atoms with van der Waals surface area (Å²) in [5.74, 6) is 0. The average molecular weight is 387 g/mol. The van der Waals surface area contributed by atoms with Crippen molar-refractivity contribution in [2.45, 2.75) is 7.43 Å². The van der Waals surface area contributed by atoms with Gasteiger partial charge in [0.1, 0.15) is 14.1 Å². The fourth-order valence-corrected chi connectivity index (χ4v) is 3.88. The summed E-state index contributed by atoms with van der Waals surface area (Å²) in [6, 6.07) is 13.6. The van der Waals surface area contributed by atoms with Crippen molar-refractivity contribution >= 4 is 22.7 Å². The molecule has 0 amide bonds. The lowest BCUT2D eigenvalue weighted by Crippen LogP contribution is -2.10. The Balaban J connectivity index is 0.00000240. The fourth-order valence-electron chi connectivity index (χ4n) is 3.88. The molecule has 0 aromatic heterocycles. The summed E-state index contributed by atoms with van der Waals surface area (Å²) < 4.78 is 2.14. The van der Waals surface area contributed by atoms with Gasteiger partial charge in [0.25, 0.3) is 0 Å². The lowest BCUT2D eigenvalue weighted by molar-refractivity contribution is -0.462. The summed E-state index contributed by atoms with van der Waals surface area (Å²) in [6.07, 6.45) is 8.87. The van der Waals surface area contributed by atoms with Gasteiger partial charge >= 0.3 is 0 Å². The van der Waals surface area contributed by atoms with Crippen molar-refractivity contribution in [1.29, 1.82) is 0 Å². The molecule has 29 heavy (non-hydrogen) atoms. The van der Waals surface area contributed by atoms with Gasteiger partial charge in [-0.05, 0) is 69.8 Å². The summed E-state index contributed by atoms with van der Waals surface area (Å²) in [4.78, 5) is 4.33. The Morgan fingerprint density at radius 3 is 1.45 bits per heavy atom. The van der Waals surface area contributed by atoms with Crippen LogP contribution in [0.3, 0.4) is 0 Å². The predicted molar refractivity (Wildman–Crippen MR) is 129 cm³/mol. The zero-order valence-electron chi connectivity index (χ0n) is 17.6. The minimum Gasteiger partial charge on any atom is -0.378 e. The maximum atomic E-state index is 2.31. The molecule has 0 radical (unpaired) electrons. The molecule has 0 atom stereocenters. The number of allylic oxidation sites excluding steroid dienone is 5. The number of rotatable bonds is 2. The van der Waals surface area contributed by atoms with Gasteiger partial charge in [0.2, 0.25) is 0 Å². The van der Waals surface area contributed by atoms with E-state index in [0.717, 1.165) is 0 Å². The Hall–Kier alpha value is -3.07. The summed E-state index contributed by atoms with van der Waals surface area (Å²) in [5, 5.41) is 0. The van der Waals surface area contributed by atoms with Crippen LogP contribution in [0.2, 0.25) is 0 Å². The molecule has 2 aromatic rings. The summed E-state index contributed by atoms with van der Waals surface area (Å²) in [5.41, 5.74) is 11.5. The van der Waals surface area contributed by atoms with Crippen molar-refractivity contribution in [1.82, 2.24) is 0 Å². The molecule has 0 spiro atoms. The third-order valence-electron chi connectivity index (χ3n) is 5.54.